The number of carbonyl (C=O) groups is 2. The number of nitrogens with one attached hydrogen (secondary N) is 1. The quantitative estimate of drug-likeness (QED) is 0.760. The normalized spacial score (nSPS) is 34.6. The molecule has 4 rings (SSSR count). The average molecular weight is 341 g/mol. The van der Waals surface area contributed by atoms with Gasteiger partial charge in [0, 0.05) is 31.1 Å². The Kier molecular flexibility index (Phi) is 3.64. The Morgan fingerprint density at radius 3 is 2.52 bits per heavy atom. The molecule has 128 valence electrons. The monoisotopic (exact) mass is 341 g/mol. The van der Waals surface area contributed by atoms with E-state index in [-0.39, 0.29) is 35.6 Å². The molecule has 2 aliphatic carbocycles. The summed E-state index contributed by atoms with van der Waals surface area (Å²) in [4.78, 5) is 26.8. The van der Waals surface area contributed by atoms with Crippen molar-refractivity contribution < 1.29 is 18.0 Å². The minimum Gasteiger partial charge on any atom is -0.352 e. The zero-order chi connectivity index (χ0) is 16.2. The van der Waals surface area contributed by atoms with Gasteiger partial charge in [0.05, 0.1) is 11.8 Å². The fourth-order valence-electron chi connectivity index (χ4n) is 3.83. The maximum absolute atomic E-state index is 12.7. The van der Waals surface area contributed by atoms with Crippen molar-refractivity contribution in [2.45, 2.75) is 56.7 Å². The summed E-state index contributed by atoms with van der Waals surface area (Å²) in [5.74, 6) is -0.0625. The first-order valence-corrected chi connectivity index (χ1v) is 10.2. The molecule has 0 unspecified atom stereocenters. The summed E-state index contributed by atoms with van der Waals surface area (Å²) in [5.41, 5.74) is 0. The zero-order valence-corrected chi connectivity index (χ0v) is 13.9. The lowest BCUT2D eigenvalue weighted by atomic mass is 9.84. The molecular weight excluding hydrogens is 318 g/mol. The van der Waals surface area contributed by atoms with Crippen LogP contribution in [0.15, 0.2) is 0 Å². The van der Waals surface area contributed by atoms with Gasteiger partial charge in [-0.05, 0) is 32.1 Å². The summed E-state index contributed by atoms with van der Waals surface area (Å²) in [6.07, 6.45) is 5.11. The van der Waals surface area contributed by atoms with Gasteiger partial charge in [-0.15, -0.1) is 0 Å². The van der Waals surface area contributed by atoms with Crippen LogP contribution in [0.2, 0.25) is 0 Å². The summed E-state index contributed by atoms with van der Waals surface area (Å²) in [6, 6.07) is -0.574. The molecule has 4 aliphatic rings. The van der Waals surface area contributed by atoms with Crippen molar-refractivity contribution in [3.8, 4) is 0 Å². The van der Waals surface area contributed by atoms with Crippen LogP contribution >= 0.6 is 0 Å². The minimum absolute atomic E-state index is 0.00493. The summed E-state index contributed by atoms with van der Waals surface area (Å²) >= 11 is 0. The third-order valence-corrected chi connectivity index (χ3v) is 7.32. The summed E-state index contributed by atoms with van der Waals surface area (Å²) in [5, 5.41) is 3.06. The molecule has 1 N–H and O–H groups in total. The summed E-state index contributed by atoms with van der Waals surface area (Å²) in [6.45, 7) is 0.945. The predicted molar refractivity (Wildman–Crippen MR) is 82.9 cm³/mol. The van der Waals surface area contributed by atoms with E-state index in [1.165, 1.54) is 0 Å². The van der Waals surface area contributed by atoms with E-state index in [1.54, 1.807) is 0 Å². The van der Waals surface area contributed by atoms with Gasteiger partial charge in [-0.2, -0.15) is 0 Å². The molecule has 7 nitrogen and oxygen atoms in total. The Labute approximate surface area is 136 Å². The standard InChI is InChI=1S/C15H23N3O4S/c19-14(10-2-1-3-10)16-11-8-13-15(20)18(12-4-5-12)23(21,22)7-6-17(13)9-11/h10-13H,1-9H2,(H,16,19)/t11-,13-/m0/s1. The van der Waals surface area contributed by atoms with Crippen LogP contribution in [-0.4, -0.2) is 66.4 Å². The Hall–Kier alpha value is -1.15. The summed E-state index contributed by atoms with van der Waals surface area (Å²) < 4.78 is 25.8. The maximum atomic E-state index is 12.7. The molecule has 2 saturated carbocycles. The first-order chi connectivity index (χ1) is 11.0. The van der Waals surface area contributed by atoms with Crippen LogP contribution in [0.1, 0.15) is 38.5 Å². The topological polar surface area (TPSA) is 86.8 Å². The SMILES string of the molecule is O=C(N[C@H]1C[C@H]2C(=O)N(C3CC3)S(=O)(=O)CCN2C1)C1CCC1. The second-order valence-electron chi connectivity index (χ2n) is 7.26. The van der Waals surface area contributed by atoms with Crippen molar-refractivity contribution in [1.29, 1.82) is 0 Å². The largest absolute Gasteiger partial charge is 0.352 e. The van der Waals surface area contributed by atoms with Gasteiger partial charge in [0.15, 0.2) is 0 Å². The molecule has 0 aromatic carbocycles. The zero-order valence-electron chi connectivity index (χ0n) is 13.1. The van der Waals surface area contributed by atoms with Crippen LogP contribution in [0.25, 0.3) is 0 Å². The van der Waals surface area contributed by atoms with Crippen LogP contribution < -0.4 is 5.32 Å². The smallest absolute Gasteiger partial charge is 0.253 e. The number of amides is 2. The molecule has 0 bridgehead atoms. The molecule has 0 aromatic rings. The van der Waals surface area contributed by atoms with E-state index in [4.69, 9.17) is 0 Å². The lowest BCUT2D eigenvalue weighted by molar-refractivity contribution is -0.131. The van der Waals surface area contributed by atoms with Crippen LogP contribution in [0, 0.1) is 5.92 Å². The van der Waals surface area contributed by atoms with E-state index in [1.807, 2.05) is 4.90 Å². The third-order valence-electron chi connectivity index (χ3n) is 5.54. The fourth-order valence-corrected chi connectivity index (χ4v) is 5.56. The van der Waals surface area contributed by atoms with Gasteiger partial charge in [-0.1, -0.05) is 6.42 Å². The Balaban J connectivity index is 1.46. The first kappa shape index (κ1) is 15.4. The highest BCUT2D eigenvalue weighted by molar-refractivity contribution is 7.89. The molecule has 23 heavy (non-hydrogen) atoms. The Morgan fingerprint density at radius 2 is 1.91 bits per heavy atom. The highest BCUT2D eigenvalue weighted by atomic mass is 32.2. The summed E-state index contributed by atoms with van der Waals surface area (Å²) in [7, 11) is -3.48. The van der Waals surface area contributed by atoms with Crippen molar-refractivity contribution in [2.75, 3.05) is 18.8 Å². The predicted octanol–water partition coefficient (Wildman–Crippen LogP) is -0.320. The van der Waals surface area contributed by atoms with E-state index in [0.717, 1.165) is 36.4 Å². The molecule has 2 atom stereocenters. The van der Waals surface area contributed by atoms with Crippen molar-refractivity contribution in [3.63, 3.8) is 0 Å². The molecule has 2 saturated heterocycles. The van der Waals surface area contributed by atoms with Crippen LogP contribution in [0.5, 0.6) is 0 Å². The molecule has 2 heterocycles. The number of rotatable bonds is 3. The number of hydrogen-bond donors (Lipinski definition) is 1. The molecule has 4 fully saturated rings. The second-order valence-corrected chi connectivity index (χ2v) is 9.23. The second kappa shape index (κ2) is 5.44. The number of carbonyl (C=O) groups excluding carboxylic acids is 2. The third kappa shape index (κ3) is 2.76. The van der Waals surface area contributed by atoms with Crippen molar-refractivity contribution in [1.82, 2.24) is 14.5 Å². The lowest BCUT2D eigenvalue weighted by Crippen LogP contribution is -2.45. The van der Waals surface area contributed by atoms with Crippen molar-refractivity contribution in [3.05, 3.63) is 0 Å². The first-order valence-electron chi connectivity index (χ1n) is 8.56. The van der Waals surface area contributed by atoms with E-state index >= 15 is 0 Å². The Morgan fingerprint density at radius 1 is 1.17 bits per heavy atom. The highest BCUT2D eigenvalue weighted by Gasteiger charge is 2.49. The number of hydrogen-bond acceptors (Lipinski definition) is 5. The molecule has 2 aliphatic heterocycles. The highest BCUT2D eigenvalue weighted by Crippen LogP contribution is 2.34. The lowest BCUT2D eigenvalue weighted by Gasteiger charge is -2.26. The van der Waals surface area contributed by atoms with Crippen LogP contribution in [0.3, 0.4) is 0 Å². The maximum Gasteiger partial charge on any atom is 0.253 e. The van der Waals surface area contributed by atoms with Gasteiger partial charge in [0.2, 0.25) is 15.9 Å². The van der Waals surface area contributed by atoms with Gasteiger partial charge >= 0.3 is 0 Å². The van der Waals surface area contributed by atoms with Crippen molar-refractivity contribution >= 4 is 21.8 Å². The molecule has 0 aromatic heterocycles. The van der Waals surface area contributed by atoms with Gasteiger partial charge in [-0.25, -0.2) is 12.7 Å². The van der Waals surface area contributed by atoms with E-state index in [2.05, 4.69) is 5.32 Å². The van der Waals surface area contributed by atoms with E-state index in [0.29, 0.717) is 19.5 Å². The van der Waals surface area contributed by atoms with Crippen LogP contribution in [-0.2, 0) is 19.6 Å². The van der Waals surface area contributed by atoms with Gasteiger partial charge in [0.1, 0.15) is 0 Å². The van der Waals surface area contributed by atoms with Gasteiger partial charge < -0.3 is 5.32 Å². The molecule has 0 spiro atoms. The average Bonchev–Trinajstić information content (AvgIpc) is 3.15. The number of sulfonamides is 1. The van der Waals surface area contributed by atoms with Gasteiger partial charge in [-0.3, -0.25) is 14.5 Å². The van der Waals surface area contributed by atoms with Crippen molar-refractivity contribution in [2.24, 2.45) is 5.92 Å². The molecule has 8 heteroatoms. The van der Waals surface area contributed by atoms with Gasteiger partial charge in [0.25, 0.3) is 5.91 Å². The van der Waals surface area contributed by atoms with E-state index < -0.39 is 16.1 Å². The van der Waals surface area contributed by atoms with E-state index in [9.17, 15) is 18.0 Å². The Bertz CT molecular complexity index is 627. The molecular formula is C15H23N3O4S. The molecule has 2 amide bonds. The fraction of sp³-hybridized carbons (Fsp3) is 0.867. The number of fused-ring (bicyclic) bond motifs is 1. The van der Waals surface area contributed by atoms with Crippen LogP contribution in [0.4, 0.5) is 0 Å². The number of nitrogens with zero attached hydrogens (tertiary/aromatic N) is 2. The molecule has 0 radical (unpaired) electrons. The minimum atomic E-state index is -3.48.